The van der Waals surface area contributed by atoms with E-state index >= 15 is 0 Å². The number of amides is 6. The van der Waals surface area contributed by atoms with Gasteiger partial charge in [0.1, 0.15) is 11.5 Å². The molecule has 6 amide bonds. The summed E-state index contributed by atoms with van der Waals surface area (Å²) in [6.07, 6.45) is -2.78. The summed E-state index contributed by atoms with van der Waals surface area (Å²) in [6, 6.07) is 23.7. The molecule has 0 saturated carbocycles. The van der Waals surface area contributed by atoms with Gasteiger partial charge in [-0.15, -0.1) is 0 Å². The molecule has 4 aromatic carbocycles. The van der Waals surface area contributed by atoms with Crippen LogP contribution in [-0.4, -0.2) is 96.0 Å². The number of nitrogens with one attached hydrogen (secondary N) is 2. The SMILES string of the molecule is COc1ccc(CN(C(=O)Nc2ccccc2C)C2CCN(C(=O)Cc3cc(OC)ccc3CN(C(=O)Nc3ccccc3C(F)(F)F)C3CCN(C(C)=O)CC3)CC2)cc1. The predicted octanol–water partition coefficient (Wildman–Crippen LogP) is 8.34. The summed E-state index contributed by atoms with van der Waals surface area (Å²) in [7, 11) is 3.11. The van der Waals surface area contributed by atoms with E-state index < -0.39 is 23.8 Å². The molecule has 0 bridgehead atoms. The first-order valence-electron chi connectivity index (χ1n) is 20.4. The molecule has 6 rings (SSSR count). The minimum atomic E-state index is -4.69. The van der Waals surface area contributed by atoms with Crippen molar-refractivity contribution in [2.24, 2.45) is 0 Å². The van der Waals surface area contributed by atoms with Crippen LogP contribution in [0.2, 0.25) is 0 Å². The Hall–Kier alpha value is -6.25. The molecule has 4 aromatic rings. The van der Waals surface area contributed by atoms with Crippen molar-refractivity contribution in [3.63, 3.8) is 0 Å². The number of carbonyl (C=O) groups is 4. The first kappa shape index (κ1) is 44.3. The molecule has 0 aromatic heterocycles. The van der Waals surface area contributed by atoms with Gasteiger partial charge in [-0.1, -0.05) is 48.5 Å². The molecule has 61 heavy (non-hydrogen) atoms. The summed E-state index contributed by atoms with van der Waals surface area (Å²) in [5, 5.41) is 5.59. The maximum atomic E-state index is 14.1. The molecule has 0 aliphatic carbocycles. The molecule has 12 nitrogen and oxygen atoms in total. The van der Waals surface area contributed by atoms with Gasteiger partial charge in [-0.3, -0.25) is 9.59 Å². The van der Waals surface area contributed by atoms with Gasteiger partial charge in [-0.2, -0.15) is 13.2 Å². The Labute approximate surface area is 354 Å². The summed E-state index contributed by atoms with van der Waals surface area (Å²) in [4.78, 5) is 60.9. The highest BCUT2D eigenvalue weighted by molar-refractivity contribution is 5.91. The number of likely N-dealkylation sites (tertiary alicyclic amines) is 2. The number of anilines is 2. The number of alkyl halides is 3. The number of halogens is 3. The van der Waals surface area contributed by atoms with Crippen LogP contribution in [0.5, 0.6) is 11.5 Å². The van der Waals surface area contributed by atoms with Gasteiger partial charge in [0.05, 0.1) is 31.9 Å². The number of nitrogens with zero attached hydrogens (tertiary/aromatic N) is 4. The fourth-order valence-electron chi connectivity index (χ4n) is 8.01. The highest BCUT2D eigenvalue weighted by Crippen LogP contribution is 2.35. The molecule has 0 unspecified atom stereocenters. The topological polar surface area (TPSA) is 124 Å². The van der Waals surface area contributed by atoms with Crippen LogP contribution in [0.25, 0.3) is 0 Å². The van der Waals surface area contributed by atoms with Gasteiger partial charge in [0, 0.05) is 64.0 Å². The van der Waals surface area contributed by atoms with Crippen molar-refractivity contribution in [2.45, 2.75) is 77.3 Å². The van der Waals surface area contributed by atoms with E-state index in [1.807, 2.05) is 60.4 Å². The second-order valence-electron chi connectivity index (χ2n) is 15.5. The van der Waals surface area contributed by atoms with Crippen LogP contribution in [0, 0.1) is 6.92 Å². The average Bonchev–Trinajstić information content (AvgIpc) is 3.26. The molecular weight excluding hydrogens is 790 g/mol. The van der Waals surface area contributed by atoms with Gasteiger partial charge in [0.15, 0.2) is 0 Å². The Morgan fingerprint density at radius 2 is 1.20 bits per heavy atom. The average molecular weight is 843 g/mol. The van der Waals surface area contributed by atoms with Gasteiger partial charge in [0.25, 0.3) is 0 Å². The lowest BCUT2D eigenvalue weighted by Gasteiger charge is -2.39. The van der Waals surface area contributed by atoms with E-state index in [-0.39, 0.29) is 42.5 Å². The zero-order valence-electron chi connectivity index (χ0n) is 35.0. The Bertz CT molecular complexity index is 2170. The van der Waals surface area contributed by atoms with Crippen molar-refractivity contribution in [1.82, 2.24) is 19.6 Å². The van der Waals surface area contributed by atoms with E-state index in [1.165, 1.54) is 37.1 Å². The van der Waals surface area contributed by atoms with Gasteiger partial charge in [-0.25, -0.2) is 9.59 Å². The first-order valence-corrected chi connectivity index (χ1v) is 20.4. The van der Waals surface area contributed by atoms with Crippen LogP contribution < -0.4 is 20.1 Å². The van der Waals surface area contributed by atoms with Crippen molar-refractivity contribution in [3.05, 3.63) is 119 Å². The van der Waals surface area contributed by atoms with E-state index in [0.717, 1.165) is 22.9 Å². The van der Waals surface area contributed by atoms with E-state index in [2.05, 4.69) is 10.6 Å². The summed E-state index contributed by atoms with van der Waals surface area (Å²) in [5.74, 6) is 0.972. The smallest absolute Gasteiger partial charge is 0.418 e. The zero-order chi connectivity index (χ0) is 43.7. The third-order valence-electron chi connectivity index (χ3n) is 11.6. The zero-order valence-corrected chi connectivity index (χ0v) is 35.0. The number of piperidine rings is 2. The Balaban J connectivity index is 1.19. The number of carbonyl (C=O) groups excluding carboxylic acids is 4. The van der Waals surface area contributed by atoms with Crippen molar-refractivity contribution in [3.8, 4) is 11.5 Å². The minimum Gasteiger partial charge on any atom is -0.497 e. The number of hydrogen-bond donors (Lipinski definition) is 2. The number of methoxy groups -OCH3 is 2. The number of para-hydroxylation sites is 2. The van der Waals surface area contributed by atoms with Gasteiger partial charge >= 0.3 is 18.2 Å². The molecule has 2 aliphatic heterocycles. The van der Waals surface area contributed by atoms with Crippen molar-refractivity contribution >= 4 is 35.3 Å². The Morgan fingerprint density at radius 1 is 0.672 bits per heavy atom. The fraction of sp³-hybridized carbons (Fsp3) is 0.391. The molecule has 2 saturated heterocycles. The highest BCUT2D eigenvalue weighted by Gasteiger charge is 2.36. The molecule has 2 heterocycles. The van der Waals surface area contributed by atoms with E-state index in [0.29, 0.717) is 81.0 Å². The molecular formula is C46H53F3N6O6. The summed E-state index contributed by atoms with van der Waals surface area (Å²) in [5.41, 5.74) is 2.50. The summed E-state index contributed by atoms with van der Waals surface area (Å²) < 4.78 is 52.7. The van der Waals surface area contributed by atoms with Crippen molar-refractivity contribution in [2.75, 3.05) is 51.0 Å². The normalized spacial score (nSPS) is 14.9. The second-order valence-corrected chi connectivity index (χ2v) is 15.5. The molecule has 2 fully saturated rings. The number of hydrogen-bond acceptors (Lipinski definition) is 6. The van der Waals surface area contributed by atoms with Crippen LogP contribution in [-0.2, 0) is 35.3 Å². The highest BCUT2D eigenvalue weighted by atomic mass is 19.4. The van der Waals surface area contributed by atoms with Gasteiger partial charge < -0.3 is 39.7 Å². The molecule has 2 N–H and O–H groups in total. The fourth-order valence-corrected chi connectivity index (χ4v) is 8.01. The molecule has 0 spiro atoms. The molecule has 2 aliphatic rings. The largest absolute Gasteiger partial charge is 0.497 e. The number of ether oxygens (including phenoxy) is 2. The third kappa shape index (κ3) is 11.3. The number of benzene rings is 4. The molecule has 324 valence electrons. The molecule has 15 heteroatoms. The maximum absolute atomic E-state index is 14.1. The van der Waals surface area contributed by atoms with E-state index in [4.69, 9.17) is 9.47 Å². The third-order valence-corrected chi connectivity index (χ3v) is 11.6. The van der Waals surface area contributed by atoms with Gasteiger partial charge in [0.2, 0.25) is 11.8 Å². The maximum Gasteiger partial charge on any atom is 0.418 e. The van der Waals surface area contributed by atoms with Crippen LogP contribution in [0.4, 0.5) is 34.1 Å². The van der Waals surface area contributed by atoms with Crippen LogP contribution >= 0.6 is 0 Å². The lowest BCUT2D eigenvalue weighted by atomic mass is 9.98. The lowest BCUT2D eigenvalue weighted by molar-refractivity contribution is -0.137. The number of urea groups is 2. The lowest BCUT2D eigenvalue weighted by Crippen LogP contribution is -2.50. The first-order chi connectivity index (χ1) is 29.2. The van der Waals surface area contributed by atoms with E-state index in [1.54, 1.807) is 35.1 Å². The van der Waals surface area contributed by atoms with Crippen LogP contribution in [0.1, 0.15) is 60.4 Å². The quantitative estimate of drug-likeness (QED) is 0.148. The van der Waals surface area contributed by atoms with Crippen LogP contribution in [0.15, 0.2) is 91.0 Å². The summed E-state index contributed by atoms with van der Waals surface area (Å²) >= 11 is 0. The van der Waals surface area contributed by atoms with Gasteiger partial charge in [-0.05, 0) is 97.3 Å². The standard InChI is InChI=1S/C46H53F3N6O6/c1-31-9-5-7-11-41(31)50-44(58)54(29-33-13-16-38(60-3)17-14-33)36-21-25-53(26-22-36)43(57)28-35-27-39(61-4)18-15-34(35)30-55(37-19-23-52(24-20-37)32(2)56)45(59)51-42-12-8-6-10-40(42)46(47,48)49/h5-18,27,36-37H,19-26,28-30H2,1-4H3,(H,50,58)(H,51,59). The van der Waals surface area contributed by atoms with Crippen LogP contribution in [0.3, 0.4) is 0 Å². The number of rotatable bonds is 12. The Morgan fingerprint density at radius 3 is 1.77 bits per heavy atom. The molecule has 0 atom stereocenters. The number of aryl methyl sites for hydroxylation is 1. The minimum absolute atomic E-state index is 0.00421. The monoisotopic (exact) mass is 842 g/mol. The van der Waals surface area contributed by atoms with Crippen molar-refractivity contribution < 1.29 is 41.8 Å². The van der Waals surface area contributed by atoms with Crippen molar-refractivity contribution in [1.29, 1.82) is 0 Å². The summed E-state index contributed by atoms with van der Waals surface area (Å²) in [6.45, 7) is 5.34. The predicted molar refractivity (Wildman–Crippen MR) is 226 cm³/mol. The van der Waals surface area contributed by atoms with E-state index in [9.17, 15) is 32.3 Å². The second kappa shape index (κ2) is 19.9. The Kier molecular flexibility index (Phi) is 14.4. The molecule has 0 radical (unpaired) electrons.